The number of aromatic nitrogens is 7. The molecule has 0 spiro atoms. The van der Waals surface area contributed by atoms with E-state index in [1.54, 1.807) is 0 Å². The van der Waals surface area contributed by atoms with Crippen LogP contribution in [0.1, 0.15) is 0 Å². The third kappa shape index (κ3) is 7.70. The van der Waals surface area contributed by atoms with Gasteiger partial charge in [-0.25, -0.2) is 15.0 Å². The maximum atomic E-state index is 5.22. The first-order valence-corrected chi connectivity index (χ1v) is 27.8. The number of pyridine rings is 1. The SMILES string of the molecule is c1ccc(-c2cc(-c3ccccc3)nc(-n3c4ccccc4c4cc5c6ccccc6n(-c6ccccc6)c5cc43)n2)cc1.c1ccc(-c2cccc(-n3c4ccccc4c4cc5c6ccccc6n(-c6ccccc6)c5cc43)n2)cc1. The highest BCUT2D eigenvalue weighted by atomic mass is 15.2. The first-order valence-electron chi connectivity index (χ1n) is 27.8. The summed E-state index contributed by atoms with van der Waals surface area (Å²) < 4.78 is 9.28. The molecule has 82 heavy (non-hydrogen) atoms. The summed E-state index contributed by atoms with van der Waals surface area (Å²) in [7, 11) is 0. The minimum absolute atomic E-state index is 0.651. The molecule has 0 bridgehead atoms. The number of nitrogens with zero attached hydrogens (tertiary/aromatic N) is 7. The van der Waals surface area contributed by atoms with Crippen LogP contribution in [0.3, 0.4) is 0 Å². The number of rotatable bonds is 7. The van der Waals surface area contributed by atoms with Crippen LogP contribution in [-0.4, -0.2) is 33.2 Å². The largest absolute Gasteiger partial charge is 0.309 e. The molecule has 6 heterocycles. The van der Waals surface area contributed by atoms with Gasteiger partial charge in [0.2, 0.25) is 5.95 Å². The van der Waals surface area contributed by atoms with Crippen LogP contribution < -0.4 is 0 Å². The average molecular weight is 1050 g/mol. The van der Waals surface area contributed by atoms with Crippen LogP contribution in [0.15, 0.2) is 297 Å². The average Bonchev–Trinajstić information content (AvgIpc) is 4.35. The van der Waals surface area contributed by atoms with Crippen molar-refractivity contribution >= 4 is 87.2 Å². The molecule has 0 aliphatic heterocycles. The van der Waals surface area contributed by atoms with Crippen LogP contribution in [0.5, 0.6) is 0 Å². The van der Waals surface area contributed by atoms with E-state index in [2.05, 4.69) is 297 Å². The molecular weight excluding hydrogens is 999 g/mol. The number of para-hydroxylation sites is 6. The molecule has 0 unspecified atom stereocenters. The van der Waals surface area contributed by atoms with E-state index in [0.29, 0.717) is 5.95 Å². The molecule has 384 valence electrons. The molecule has 0 N–H and O–H groups in total. The van der Waals surface area contributed by atoms with E-state index in [1.165, 1.54) is 59.6 Å². The van der Waals surface area contributed by atoms with Crippen LogP contribution in [0.25, 0.3) is 144 Å². The minimum atomic E-state index is 0.651. The molecule has 11 aromatic carbocycles. The maximum Gasteiger partial charge on any atom is 0.235 e. The van der Waals surface area contributed by atoms with E-state index in [9.17, 15) is 0 Å². The van der Waals surface area contributed by atoms with Crippen molar-refractivity contribution in [1.82, 2.24) is 33.2 Å². The Hall–Kier alpha value is -11.2. The molecule has 7 heteroatoms. The van der Waals surface area contributed by atoms with Gasteiger partial charge in [-0.05, 0) is 91.0 Å². The predicted octanol–water partition coefficient (Wildman–Crippen LogP) is 18.9. The molecule has 0 saturated heterocycles. The minimum Gasteiger partial charge on any atom is -0.309 e. The molecule has 0 aliphatic rings. The van der Waals surface area contributed by atoms with Gasteiger partial charge in [0, 0.05) is 71.2 Å². The summed E-state index contributed by atoms with van der Waals surface area (Å²) in [6, 6.07) is 105. The second-order valence-corrected chi connectivity index (χ2v) is 20.8. The lowest BCUT2D eigenvalue weighted by Gasteiger charge is -2.12. The molecule has 0 saturated carbocycles. The van der Waals surface area contributed by atoms with Crippen molar-refractivity contribution in [3.8, 4) is 56.9 Å². The molecule has 6 aromatic heterocycles. The fourth-order valence-corrected chi connectivity index (χ4v) is 12.4. The van der Waals surface area contributed by atoms with Crippen molar-refractivity contribution in [2.75, 3.05) is 0 Å². The predicted molar refractivity (Wildman–Crippen MR) is 340 cm³/mol. The highest BCUT2D eigenvalue weighted by molar-refractivity contribution is 6.20. The smallest absolute Gasteiger partial charge is 0.235 e. The summed E-state index contributed by atoms with van der Waals surface area (Å²) in [5, 5.41) is 9.79. The van der Waals surface area contributed by atoms with Gasteiger partial charge in [0.25, 0.3) is 0 Å². The highest BCUT2D eigenvalue weighted by Gasteiger charge is 2.22. The Balaban J connectivity index is 0.000000136. The Labute approximate surface area is 472 Å². The molecule has 0 amide bonds. The van der Waals surface area contributed by atoms with E-state index in [4.69, 9.17) is 15.0 Å². The Bertz CT molecular complexity index is 5190. The number of fused-ring (bicyclic) bond motifs is 12. The maximum absolute atomic E-state index is 5.22. The molecule has 0 radical (unpaired) electrons. The Kier molecular flexibility index (Phi) is 11.1. The third-order valence-corrected chi connectivity index (χ3v) is 16.0. The van der Waals surface area contributed by atoms with E-state index in [0.717, 1.165) is 78.5 Å². The Morgan fingerprint density at radius 1 is 0.195 bits per heavy atom. The molecule has 0 fully saturated rings. The van der Waals surface area contributed by atoms with Crippen LogP contribution in [0.4, 0.5) is 0 Å². The summed E-state index contributed by atoms with van der Waals surface area (Å²) >= 11 is 0. The van der Waals surface area contributed by atoms with E-state index < -0.39 is 0 Å². The van der Waals surface area contributed by atoms with Gasteiger partial charge in [0.05, 0.1) is 61.2 Å². The fourth-order valence-electron chi connectivity index (χ4n) is 12.4. The van der Waals surface area contributed by atoms with E-state index >= 15 is 0 Å². The van der Waals surface area contributed by atoms with Crippen molar-refractivity contribution in [2.24, 2.45) is 0 Å². The lowest BCUT2D eigenvalue weighted by molar-refractivity contribution is 0.995. The second-order valence-electron chi connectivity index (χ2n) is 20.8. The zero-order valence-electron chi connectivity index (χ0n) is 44.4. The lowest BCUT2D eigenvalue weighted by Crippen LogP contribution is -2.04. The van der Waals surface area contributed by atoms with Crippen molar-refractivity contribution in [1.29, 1.82) is 0 Å². The number of benzene rings is 11. The molecular formula is C75H49N7. The van der Waals surface area contributed by atoms with E-state index in [1.807, 2.05) is 18.2 Å². The zero-order valence-corrected chi connectivity index (χ0v) is 44.4. The second kappa shape index (κ2) is 19.3. The highest BCUT2D eigenvalue weighted by Crippen LogP contribution is 2.42. The van der Waals surface area contributed by atoms with Crippen LogP contribution >= 0.6 is 0 Å². The third-order valence-electron chi connectivity index (χ3n) is 16.0. The number of hydrogen-bond donors (Lipinski definition) is 0. The molecule has 7 nitrogen and oxygen atoms in total. The van der Waals surface area contributed by atoms with Gasteiger partial charge in [-0.2, -0.15) is 0 Å². The molecule has 17 aromatic rings. The Morgan fingerprint density at radius 2 is 0.524 bits per heavy atom. The van der Waals surface area contributed by atoms with Crippen molar-refractivity contribution in [2.45, 2.75) is 0 Å². The number of hydrogen-bond acceptors (Lipinski definition) is 3. The van der Waals surface area contributed by atoms with Crippen LogP contribution in [-0.2, 0) is 0 Å². The first-order chi connectivity index (χ1) is 40.7. The molecule has 0 aliphatic carbocycles. The Morgan fingerprint density at radius 3 is 0.951 bits per heavy atom. The van der Waals surface area contributed by atoms with E-state index in [-0.39, 0.29) is 0 Å². The quantitative estimate of drug-likeness (QED) is 0.160. The molecule has 17 rings (SSSR count). The monoisotopic (exact) mass is 1050 g/mol. The van der Waals surface area contributed by atoms with Gasteiger partial charge in [-0.15, -0.1) is 0 Å². The standard InChI is InChI=1S/C40H26N4.C35H23N3/c1-4-14-27(15-5-1)34-25-35(28-16-6-2-7-17-28)42-40(41-34)44-37-23-13-11-21-31(37)33-24-32-30-20-10-12-22-36(30)43(38(32)26-39(33)44)29-18-8-3-9-19-29;1-3-12-24(13-4-1)30-18-11-21-35(36-30)38-32-20-10-8-17-27(32)29-22-28-26-16-7-9-19-31(26)37(33(28)23-34(29)38)25-14-5-2-6-15-25/h1-26H;1-23H. The lowest BCUT2D eigenvalue weighted by atomic mass is 10.1. The topological polar surface area (TPSA) is 58.4 Å². The van der Waals surface area contributed by atoms with Gasteiger partial charge >= 0.3 is 0 Å². The van der Waals surface area contributed by atoms with Gasteiger partial charge in [-0.1, -0.05) is 206 Å². The van der Waals surface area contributed by atoms with Gasteiger partial charge in [0.15, 0.2) is 0 Å². The fraction of sp³-hybridized carbons (Fsp3) is 0. The summed E-state index contributed by atoms with van der Waals surface area (Å²) in [6.45, 7) is 0. The zero-order chi connectivity index (χ0) is 54.1. The summed E-state index contributed by atoms with van der Waals surface area (Å²) in [5.74, 6) is 1.57. The van der Waals surface area contributed by atoms with Crippen LogP contribution in [0.2, 0.25) is 0 Å². The molecule has 0 atom stereocenters. The summed E-state index contributed by atoms with van der Waals surface area (Å²) in [5.41, 5.74) is 17.4. The van der Waals surface area contributed by atoms with Crippen molar-refractivity contribution in [3.63, 3.8) is 0 Å². The van der Waals surface area contributed by atoms with Gasteiger partial charge in [-0.3, -0.25) is 9.13 Å². The first kappa shape index (κ1) is 46.9. The summed E-state index contributed by atoms with van der Waals surface area (Å²) in [6.07, 6.45) is 0. The van der Waals surface area contributed by atoms with Crippen molar-refractivity contribution < 1.29 is 0 Å². The van der Waals surface area contributed by atoms with Gasteiger partial charge < -0.3 is 9.13 Å². The van der Waals surface area contributed by atoms with Crippen molar-refractivity contribution in [3.05, 3.63) is 297 Å². The normalized spacial score (nSPS) is 11.7. The summed E-state index contributed by atoms with van der Waals surface area (Å²) in [4.78, 5) is 15.6. The van der Waals surface area contributed by atoms with Gasteiger partial charge in [0.1, 0.15) is 5.82 Å². The van der Waals surface area contributed by atoms with Crippen LogP contribution in [0, 0.1) is 0 Å².